The number of ether oxygens (including phenoxy) is 2. The van der Waals surface area contributed by atoms with E-state index in [0.29, 0.717) is 16.5 Å². The van der Waals surface area contributed by atoms with Crippen LogP contribution in [0.15, 0.2) is 24.4 Å². The average Bonchev–Trinajstić information content (AvgIpc) is 2.85. The van der Waals surface area contributed by atoms with Gasteiger partial charge >= 0.3 is 0 Å². The maximum absolute atomic E-state index is 6.26. The Morgan fingerprint density at radius 2 is 2.05 bits per heavy atom. The van der Waals surface area contributed by atoms with Crippen LogP contribution in [0.1, 0.15) is 17.3 Å². The van der Waals surface area contributed by atoms with Crippen LogP contribution in [0.5, 0.6) is 11.5 Å². The van der Waals surface area contributed by atoms with Crippen molar-refractivity contribution in [1.82, 2.24) is 15.1 Å². The van der Waals surface area contributed by atoms with E-state index in [2.05, 4.69) is 10.4 Å². The minimum Gasteiger partial charge on any atom is -0.493 e. The van der Waals surface area contributed by atoms with Crippen LogP contribution in [0.3, 0.4) is 0 Å². The van der Waals surface area contributed by atoms with Gasteiger partial charge in [-0.15, -0.1) is 0 Å². The fourth-order valence-corrected chi connectivity index (χ4v) is 2.55. The number of aromatic nitrogens is 2. The SMILES string of the molecule is CNC(c1cc(Cl)c(OC)c(OC)c1)c1ccnn1C. The zero-order chi connectivity index (χ0) is 14.7. The molecule has 1 atom stereocenters. The van der Waals surface area contributed by atoms with E-state index in [-0.39, 0.29) is 6.04 Å². The largest absolute Gasteiger partial charge is 0.493 e. The lowest BCUT2D eigenvalue weighted by molar-refractivity contribution is 0.354. The minimum absolute atomic E-state index is 0.0280. The lowest BCUT2D eigenvalue weighted by Crippen LogP contribution is -2.20. The number of nitrogens with one attached hydrogen (secondary N) is 1. The number of aryl methyl sites for hydroxylation is 1. The molecule has 1 heterocycles. The third-order valence-electron chi connectivity index (χ3n) is 3.23. The number of hydrogen-bond donors (Lipinski definition) is 1. The number of hydrogen-bond acceptors (Lipinski definition) is 4. The number of nitrogens with zero attached hydrogens (tertiary/aromatic N) is 2. The molecule has 0 radical (unpaired) electrons. The normalized spacial score (nSPS) is 12.2. The second-order valence-corrected chi connectivity index (χ2v) is 4.75. The Kier molecular flexibility index (Phi) is 4.52. The molecule has 20 heavy (non-hydrogen) atoms. The van der Waals surface area contributed by atoms with Gasteiger partial charge in [-0.2, -0.15) is 5.10 Å². The molecule has 1 aromatic heterocycles. The number of halogens is 1. The van der Waals surface area contributed by atoms with Crippen LogP contribution in [0.4, 0.5) is 0 Å². The van der Waals surface area contributed by atoms with E-state index in [0.717, 1.165) is 11.3 Å². The van der Waals surface area contributed by atoms with Crippen molar-refractivity contribution in [2.75, 3.05) is 21.3 Å². The summed E-state index contributed by atoms with van der Waals surface area (Å²) in [6.07, 6.45) is 1.77. The zero-order valence-corrected chi connectivity index (χ0v) is 12.7. The second kappa shape index (κ2) is 6.15. The van der Waals surface area contributed by atoms with Crippen molar-refractivity contribution < 1.29 is 9.47 Å². The first-order chi connectivity index (χ1) is 9.62. The van der Waals surface area contributed by atoms with Crippen molar-refractivity contribution in [3.05, 3.63) is 40.7 Å². The number of benzene rings is 1. The van der Waals surface area contributed by atoms with Gasteiger partial charge in [0.1, 0.15) is 0 Å². The average molecular weight is 296 g/mol. The van der Waals surface area contributed by atoms with Gasteiger partial charge < -0.3 is 14.8 Å². The van der Waals surface area contributed by atoms with Crippen LogP contribution in [0.2, 0.25) is 5.02 Å². The fourth-order valence-electron chi connectivity index (χ4n) is 2.26. The van der Waals surface area contributed by atoms with Crippen molar-refractivity contribution in [1.29, 1.82) is 0 Å². The van der Waals surface area contributed by atoms with Gasteiger partial charge in [0.05, 0.1) is 31.0 Å². The first-order valence-electron chi connectivity index (χ1n) is 6.19. The van der Waals surface area contributed by atoms with Crippen LogP contribution in [0, 0.1) is 0 Å². The molecule has 1 aromatic carbocycles. The molecule has 0 spiro atoms. The van der Waals surface area contributed by atoms with E-state index in [1.165, 1.54) is 0 Å². The summed E-state index contributed by atoms with van der Waals surface area (Å²) in [4.78, 5) is 0. The lowest BCUT2D eigenvalue weighted by Gasteiger charge is -2.19. The van der Waals surface area contributed by atoms with Crippen molar-refractivity contribution in [2.45, 2.75) is 6.04 Å². The number of methoxy groups -OCH3 is 2. The lowest BCUT2D eigenvalue weighted by atomic mass is 10.0. The van der Waals surface area contributed by atoms with Crippen molar-refractivity contribution in [3.8, 4) is 11.5 Å². The highest BCUT2D eigenvalue weighted by atomic mass is 35.5. The summed E-state index contributed by atoms with van der Waals surface area (Å²) in [5.41, 5.74) is 2.02. The molecule has 2 rings (SSSR count). The first-order valence-corrected chi connectivity index (χ1v) is 6.56. The summed E-state index contributed by atoms with van der Waals surface area (Å²) in [5, 5.41) is 7.98. The molecule has 0 aliphatic carbocycles. The van der Waals surface area contributed by atoms with Gasteiger partial charge in [0.25, 0.3) is 0 Å². The molecular formula is C14H18ClN3O2. The molecule has 0 fully saturated rings. The van der Waals surface area contributed by atoms with Crippen LogP contribution < -0.4 is 14.8 Å². The molecule has 6 heteroatoms. The predicted molar refractivity (Wildman–Crippen MR) is 78.7 cm³/mol. The predicted octanol–water partition coefficient (Wildman–Crippen LogP) is 2.40. The molecule has 0 aliphatic rings. The minimum atomic E-state index is -0.0280. The van der Waals surface area contributed by atoms with E-state index in [4.69, 9.17) is 21.1 Å². The van der Waals surface area contributed by atoms with Crippen molar-refractivity contribution in [2.24, 2.45) is 7.05 Å². The van der Waals surface area contributed by atoms with E-state index in [1.807, 2.05) is 37.0 Å². The first kappa shape index (κ1) is 14.7. The Morgan fingerprint density at radius 3 is 2.55 bits per heavy atom. The van der Waals surface area contributed by atoms with Crippen LogP contribution in [-0.4, -0.2) is 31.0 Å². The van der Waals surface area contributed by atoms with Gasteiger partial charge in [-0.25, -0.2) is 0 Å². The van der Waals surface area contributed by atoms with Gasteiger partial charge in [-0.3, -0.25) is 4.68 Å². The van der Waals surface area contributed by atoms with Crippen LogP contribution in [-0.2, 0) is 7.05 Å². The standard InChI is InChI=1S/C14H18ClN3O2/c1-16-13(11-5-6-17-18(11)2)9-7-10(15)14(20-4)12(8-9)19-3/h5-8,13,16H,1-4H3. The van der Waals surface area contributed by atoms with Crippen molar-refractivity contribution >= 4 is 11.6 Å². The summed E-state index contributed by atoms with van der Waals surface area (Å²) in [7, 11) is 6.96. The van der Waals surface area contributed by atoms with Gasteiger partial charge in [-0.05, 0) is 30.8 Å². The third-order valence-corrected chi connectivity index (χ3v) is 3.51. The highest BCUT2D eigenvalue weighted by Gasteiger charge is 2.19. The fraction of sp³-hybridized carbons (Fsp3) is 0.357. The summed E-state index contributed by atoms with van der Waals surface area (Å²) >= 11 is 6.26. The monoisotopic (exact) mass is 295 g/mol. The van der Waals surface area contributed by atoms with E-state index in [1.54, 1.807) is 20.4 Å². The van der Waals surface area contributed by atoms with Crippen molar-refractivity contribution in [3.63, 3.8) is 0 Å². The number of rotatable bonds is 5. The molecule has 0 saturated heterocycles. The maximum atomic E-state index is 6.26. The van der Waals surface area contributed by atoms with Gasteiger partial charge in [0.2, 0.25) is 0 Å². The molecule has 1 unspecified atom stereocenters. The summed E-state index contributed by atoms with van der Waals surface area (Å²) in [5.74, 6) is 1.15. The third kappa shape index (κ3) is 2.59. The Labute approximate surface area is 123 Å². The molecule has 108 valence electrons. The van der Waals surface area contributed by atoms with Gasteiger partial charge in [0.15, 0.2) is 11.5 Å². The highest BCUT2D eigenvalue weighted by Crippen LogP contribution is 2.38. The Hall–Kier alpha value is -1.72. The Bertz CT molecular complexity index is 598. The summed E-state index contributed by atoms with van der Waals surface area (Å²) in [6.45, 7) is 0. The van der Waals surface area contributed by atoms with Crippen LogP contribution >= 0.6 is 11.6 Å². The quantitative estimate of drug-likeness (QED) is 0.920. The smallest absolute Gasteiger partial charge is 0.179 e. The zero-order valence-electron chi connectivity index (χ0n) is 12.0. The molecule has 0 bridgehead atoms. The molecule has 0 saturated carbocycles. The Morgan fingerprint density at radius 1 is 1.30 bits per heavy atom. The van der Waals surface area contributed by atoms with E-state index >= 15 is 0 Å². The topological polar surface area (TPSA) is 48.3 Å². The van der Waals surface area contributed by atoms with E-state index in [9.17, 15) is 0 Å². The van der Waals surface area contributed by atoms with Gasteiger partial charge in [0, 0.05) is 13.2 Å². The summed E-state index contributed by atoms with van der Waals surface area (Å²) < 4.78 is 12.4. The Balaban J connectivity index is 2.51. The summed E-state index contributed by atoms with van der Waals surface area (Å²) in [6, 6.07) is 5.72. The highest BCUT2D eigenvalue weighted by molar-refractivity contribution is 6.32. The molecule has 1 N–H and O–H groups in total. The molecule has 0 amide bonds. The second-order valence-electron chi connectivity index (χ2n) is 4.34. The maximum Gasteiger partial charge on any atom is 0.179 e. The molecule has 5 nitrogen and oxygen atoms in total. The van der Waals surface area contributed by atoms with E-state index < -0.39 is 0 Å². The van der Waals surface area contributed by atoms with Crippen LogP contribution in [0.25, 0.3) is 0 Å². The molecular weight excluding hydrogens is 278 g/mol. The van der Waals surface area contributed by atoms with Gasteiger partial charge in [-0.1, -0.05) is 11.6 Å². The molecule has 2 aromatic rings. The molecule has 0 aliphatic heterocycles.